The Balaban J connectivity index is 1.67. The highest BCUT2D eigenvalue weighted by Crippen LogP contribution is 2.20. The lowest BCUT2D eigenvalue weighted by atomic mass is 10.0. The highest BCUT2D eigenvalue weighted by molar-refractivity contribution is 6.30. The third-order valence-corrected chi connectivity index (χ3v) is 5.00. The second kappa shape index (κ2) is 11.8. The normalized spacial score (nSPS) is 11.8. The van der Waals surface area contributed by atoms with Crippen LogP contribution in [-0.2, 0) is 9.59 Å². The van der Waals surface area contributed by atoms with E-state index in [-0.39, 0.29) is 25.0 Å². The van der Waals surface area contributed by atoms with E-state index in [2.05, 4.69) is 16.0 Å². The second-order valence-electron chi connectivity index (χ2n) is 7.18. The summed E-state index contributed by atoms with van der Waals surface area (Å²) in [7, 11) is 0. The number of aliphatic hydroxyl groups is 1. The maximum Gasteiger partial charge on any atom is 0.248 e. The van der Waals surface area contributed by atoms with Crippen molar-refractivity contribution in [3.8, 4) is 0 Å². The molecular weight excluding hydrogens is 440 g/mol. The zero-order valence-electron chi connectivity index (χ0n) is 17.8. The van der Waals surface area contributed by atoms with Crippen molar-refractivity contribution in [1.82, 2.24) is 5.32 Å². The van der Waals surface area contributed by atoms with E-state index in [0.717, 1.165) is 5.56 Å². The molecular formula is C25H25ClN4O3. The van der Waals surface area contributed by atoms with Crippen LogP contribution in [0.3, 0.4) is 0 Å². The van der Waals surface area contributed by atoms with E-state index in [0.29, 0.717) is 27.6 Å². The summed E-state index contributed by atoms with van der Waals surface area (Å²) in [6.45, 7) is 0.149. The number of amides is 2. The molecule has 0 aliphatic carbocycles. The minimum atomic E-state index is -0.671. The molecule has 0 aromatic heterocycles. The average molecular weight is 465 g/mol. The standard InChI is InChI=1S/C25H25ClN4O3/c26-19-10-12-20(13-11-19)29-25(33)24(28-15-16-31)18-8-5-17(6-9-18)7-14-23(32)30-22-4-2-1-3-21(22)27/h1-14,24,28,31H,15-16,27H2,(H,29,33)(H,30,32)/b14-7+. The Morgan fingerprint density at radius 3 is 2.33 bits per heavy atom. The summed E-state index contributed by atoms with van der Waals surface area (Å²) in [5.41, 5.74) is 8.99. The summed E-state index contributed by atoms with van der Waals surface area (Å²) >= 11 is 5.89. The fourth-order valence-corrected chi connectivity index (χ4v) is 3.20. The molecule has 1 atom stereocenters. The molecule has 8 heteroatoms. The Kier molecular flexibility index (Phi) is 8.60. The molecule has 2 amide bonds. The first-order valence-electron chi connectivity index (χ1n) is 10.3. The molecule has 0 aliphatic rings. The fraction of sp³-hybridized carbons (Fsp3) is 0.120. The molecule has 0 spiro atoms. The number of hydrogen-bond acceptors (Lipinski definition) is 5. The lowest BCUT2D eigenvalue weighted by Gasteiger charge is -2.19. The van der Waals surface area contributed by atoms with Gasteiger partial charge in [0.15, 0.2) is 0 Å². The van der Waals surface area contributed by atoms with E-state index >= 15 is 0 Å². The second-order valence-corrected chi connectivity index (χ2v) is 7.62. The van der Waals surface area contributed by atoms with Crippen molar-refractivity contribution in [3.63, 3.8) is 0 Å². The van der Waals surface area contributed by atoms with Crippen LogP contribution in [0.5, 0.6) is 0 Å². The predicted octanol–water partition coefficient (Wildman–Crippen LogP) is 3.84. The Morgan fingerprint density at radius 2 is 1.67 bits per heavy atom. The molecule has 170 valence electrons. The summed E-state index contributed by atoms with van der Waals surface area (Å²) in [5, 5.41) is 18.4. The van der Waals surface area contributed by atoms with Gasteiger partial charge in [0.25, 0.3) is 0 Å². The van der Waals surface area contributed by atoms with E-state index in [1.54, 1.807) is 78.9 Å². The number of nitrogen functional groups attached to an aromatic ring is 1. The molecule has 0 bridgehead atoms. The maximum absolute atomic E-state index is 12.8. The molecule has 1 unspecified atom stereocenters. The van der Waals surface area contributed by atoms with E-state index in [4.69, 9.17) is 17.3 Å². The number of hydrogen-bond donors (Lipinski definition) is 5. The monoisotopic (exact) mass is 464 g/mol. The van der Waals surface area contributed by atoms with Crippen LogP contribution in [0.4, 0.5) is 17.1 Å². The minimum absolute atomic E-state index is 0.105. The van der Waals surface area contributed by atoms with Crippen molar-refractivity contribution in [2.24, 2.45) is 0 Å². The molecule has 0 aliphatic heterocycles. The molecule has 0 fully saturated rings. The smallest absolute Gasteiger partial charge is 0.248 e. The number of para-hydroxylation sites is 2. The number of rotatable bonds is 9. The van der Waals surface area contributed by atoms with Gasteiger partial charge in [0.05, 0.1) is 18.0 Å². The summed E-state index contributed by atoms with van der Waals surface area (Å²) in [6.07, 6.45) is 3.08. The van der Waals surface area contributed by atoms with Crippen LogP contribution in [0.2, 0.25) is 5.02 Å². The Hall–Kier alpha value is -3.65. The van der Waals surface area contributed by atoms with Gasteiger partial charge in [-0.3, -0.25) is 14.9 Å². The lowest BCUT2D eigenvalue weighted by molar-refractivity contribution is -0.118. The van der Waals surface area contributed by atoms with Crippen LogP contribution in [0.25, 0.3) is 6.08 Å². The molecule has 33 heavy (non-hydrogen) atoms. The summed E-state index contributed by atoms with van der Waals surface area (Å²) in [4.78, 5) is 25.0. The number of carbonyl (C=O) groups excluding carboxylic acids is 2. The van der Waals surface area contributed by atoms with Gasteiger partial charge in [-0.25, -0.2) is 0 Å². The molecule has 0 saturated carbocycles. The van der Waals surface area contributed by atoms with Crippen LogP contribution < -0.4 is 21.7 Å². The quantitative estimate of drug-likeness (QED) is 0.244. The predicted molar refractivity (Wildman–Crippen MR) is 133 cm³/mol. The van der Waals surface area contributed by atoms with E-state index in [9.17, 15) is 14.7 Å². The van der Waals surface area contributed by atoms with Gasteiger partial charge in [0, 0.05) is 23.3 Å². The van der Waals surface area contributed by atoms with E-state index in [1.807, 2.05) is 0 Å². The van der Waals surface area contributed by atoms with Crippen LogP contribution in [0, 0.1) is 0 Å². The summed E-state index contributed by atoms with van der Waals surface area (Å²) in [5.74, 6) is -0.573. The molecule has 3 aromatic carbocycles. The summed E-state index contributed by atoms with van der Waals surface area (Å²) < 4.78 is 0. The SMILES string of the molecule is Nc1ccccc1NC(=O)/C=C/c1ccc(C(NCCO)C(=O)Nc2ccc(Cl)cc2)cc1. The van der Waals surface area contributed by atoms with Gasteiger partial charge in [-0.05, 0) is 53.6 Å². The molecule has 0 heterocycles. The Labute approximate surface area is 197 Å². The number of carbonyl (C=O) groups is 2. The van der Waals surface area contributed by atoms with Crippen molar-refractivity contribution >= 4 is 46.6 Å². The number of nitrogens with one attached hydrogen (secondary N) is 3. The van der Waals surface area contributed by atoms with Crippen LogP contribution >= 0.6 is 11.6 Å². The van der Waals surface area contributed by atoms with E-state index in [1.165, 1.54) is 6.08 Å². The molecule has 0 radical (unpaired) electrons. The van der Waals surface area contributed by atoms with Crippen molar-refractivity contribution in [1.29, 1.82) is 0 Å². The molecule has 3 rings (SSSR count). The number of nitrogens with two attached hydrogens (primary N) is 1. The number of halogens is 1. The first-order valence-corrected chi connectivity index (χ1v) is 10.7. The maximum atomic E-state index is 12.8. The van der Waals surface area contributed by atoms with Gasteiger partial charge in [0.1, 0.15) is 6.04 Å². The van der Waals surface area contributed by atoms with Crippen molar-refractivity contribution in [3.05, 3.63) is 95.0 Å². The van der Waals surface area contributed by atoms with E-state index < -0.39 is 6.04 Å². The molecule has 3 aromatic rings. The van der Waals surface area contributed by atoms with Gasteiger partial charge in [-0.2, -0.15) is 0 Å². The van der Waals surface area contributed by atoms with Gasteiger partial charge >= 0.3 is 0 Å². The van der Waals surface area contributed by atoms with Crippen LogP contribution in [-0.4, -0.2) is 30.1 Å². The van der Waals surface area contributed by atoms with Crippen molar-refractivity contribution < 1.29 is 14.7 Å². The third-order valence-electron chi connectivity index (χ3n) is 4.75. The minimum Gasteiger partial charge on any atom is -0.397 e. The van der Waals surface area contributed by atoms with Gasteiger partial charge in [-0.1, -0.05) is 48.0 Å². The zero-order valence-corrected chi connectivity index (χ0v) is 18.5. The third kappa shape index (κ3) is 7.18. The van der Waals surface area contributed by atoms with Crippen molar-refractivity contribution in [2.75, 3.05) is 29.5 Å². The molecule has 6 N–H and O–H groups in total. The molecule has 0 saturated heterocycles. The zero-order chi connectivity index (χ0) is 23.6. The Morgan fingerprint density at radius 1 is 0.970 bits per heavy atom. The largest absolute Gasteiger partial charge is 0.397 e. The first-order chi connectivity index (χ1) is 16.0. The average Bonchev–Trinajstić information content (AvgIpc) is 2.82. The topological polar surface area (TPSA) is 116 Å². The fourth-order valence-electron chi connectivity index (χ4n) is 3.08. The van der Waals surface area contributed by atoms with Gasteiger partial charge in [-0.15, -0.1) is 0 Å². The van der Waals surface area contributed by atoms with Crippen molar-refractivity contribution in [2.45, 2.75) is 6.04 Å². The number of aliphatic hydroxyl groups excluding tert-OH is 1. The summed E-state index contributed by atoms with van der Waals surface area (Å²) in [6, 6.07) is 20.4. The Bertz CT molecular complexity index is 1120. The van der Waals surface area contributed by atoms with Crippen LogP contribution in [0.1, 0.15) is 17.2 Å². The molecule has 7 nitrogen and oxygen atoms in total. The van der Waals surface area contributed by atoms with Gasteiger partial charge in [0.2, 0.25) is 11.8 Å². The van der Waals surface area contributed by atoms with Crippen LogP contribution in [0.15, 0.2) is 78.9 Å². The number of anilines is 3. The lowest BCUT2D eigenvalue weighted by Crippen LogP contribution is -2.34. The highest BCUT2D eigenvalue weighted by Gasteiger charge is 2.20. The highest BCUT2D eigenvalue weighted by atomic mass is 35.5. The first kappa shape index (κ1) is 24.0. The number of benzene rings is 3. The van der Waals surface area contributed by atoms with Gasteiger partial charge < -0.3 is 21.5 Å².